The summed E-state index contributed by atoms with van der Waals surface area (Å²) in [7, 11) is 0. The number of H-pyrrole nitrogens is 1. The van der Waals surface area contributed by atoms with Crippen molar-refractivity contribution in [2.24, 2.45) is 0 Å². The van der Waals surface area contributed by atoms with Gasteiger partial charge >= 0.3 is 0 Å². The van der Waals surface area contributed by atoms with E-state index in [-0.39, 0.29) is 17.3 Å². The van der Waals surface area contributed by atoms with Crippen LogP contribution in [0.3, 0.4) is 0 Å². The molecule has 2 heterocycles. The molecule has 0 saturated heterocycles. The smallest absolute Gasteiger partial charge is 0.228 e. The molecule has 0 fully saturated rings. The molecule has 0 spiro atoms. The number of aromatic nitrogens is 1. The summed E-state index contributed by atoms with van der Waals surface area (Å²) in [6.07, 6.45) is 3.63. The molecule has 38 heavy (non-hydrogen) atoms. The first-order valence-corrected chi connectivity index (χ1v) is 13.5. The van der Waals surface area contributed by atoms with Crippen molar-refractivity contribution in [1.29, 1.82) is 0 Å². The van der Waals surface area contributed by atoms with E-state index in [1.807, 2.05) is 79.0 Å². The normalized spacial score (nSPS) is 11.8. The first-order valence-electron chi connectivity index (χ1n) is 11.9. The van der Waals surface area contributed by atoms with Crippen molar-refractivity contribution in [3.05, 3.63) is 140 Å². The van der Waals surface area contributed by atoms with Crippen molar-refractivity contribution >= 4 is 76.9 Å². The number of hydrogen-bond acceptors (Lipinski definition) is 3. The van der Waals surface area contributed by atoms with Crippen LogP contribution in [0.25, 0.3) is 33.5 Å². The van der Waals surface area contributed by atoms with Crippen LogP contribution in [0.2, 0.25) is 0 Å². The van der Waals surface area contributed by atoms with Crippen LogP contribution >= 0.6 is 31.9 Å². The predicted octanol–water partition coefficient (Wildman–Crippen LogP) is 9.09. The molecule has 4 nitrogen and oxygen atoms in total. The molecule has 0 unspecified atom stereocenters. The van der Waals surface area contributed by atoms with Gasteiger partial charge in [0.05, 0.1) is 0 Å². The highest BCUT2D eigenvalue weighted by Gasteiger charge is 2.24. The Morgan fingerprint density at radius 1 is 0.711 bits per heavy atom. The number of para-hydroxylation sites is 2. The number of Topliss-reactive ketones (excluding diaryl/α,β-unsaturated/α-hetero) is 1. The topological polar surface area (TPSA) is 63.1 Å². The summed E-state index contributed by atoms with van der Waals surface area (Å²) in [4.78, 5) is 31.0. The number of furan rings is 1. The maximum Gasteiger partial charge on any atom is 0.228 e. The molecule has 0 saturated carbocycles. The van der Waals surface area contributed by atoms with E-state index in [0.717, 1.165) is 30.8 Å². The van der Waals surface area contributed by atoms with Crippen molar-refractivity contribution < 1.29 is 14.0 Å². The Morgan fingerprint density at radius 2 is 1.32 bits per heavy atom. The quantitative estimate of drug-likeness (QED) is 0.148. The molecule has 6 rings (SSSR count). The van der Waals surface area contributed by atoms with E-state index >= 15 is 0 Å². The largest absolute Gasteiger partial charge is 0.452 e. The van der Waals surface area contributed by atoms with Gasteiger partial charge in [-0.25, -0.2) is 0 Å². The minimum Gasteiger partial charge on any atom is -0.452 e. The maximum absolute atomic E-state index is 14.0. The van der Waals surface area contributed by atoms with Gasteiger partial charge in [-0.15, -0.1) is 0 Å². The molecule has 0 amide bonds. The Bertz CT molecular complexity index is 1860. The van der Waals surface area contributed by atoms with Crippen LogP contribution in [0.4, 0.5) is 0 Å². The van der Waals surface area contributed by atoms with Crippen molar-refractivity contribution in [2.45, 2.75) is 0 Å². The zero-order valence-electron chi connectivity index (χ0n) is 19.9. The van der Waals surface area contributed by atoms with E-state index in [4.69, 9.17) is 4.42 Å². The van der Waals surface area contributed by atoms with Crippen molar-refractivity contribution in [3.63, 3.8) is 0 Å². The molecule has 0 bridgehead atoms. The first kappa shape index (κ1) is 24.3. The number of hydrogen-bond donors (Lipinski definition) is 1. The number of benzene rings is 4. The average Bonchev–Trinajstić information content (AvgIpc) is 3.53. The lowest BCUT2D eigenvalue weighted by Crippen LogP contribution is -2.05. The van der Waals surface area contributed by atoms with Crippen LogP contribution in [0.1, 0.15) is 37.6 Å². The molecule has 6 heteroatoms. The summed E-state index contributed by atoms with van der Waals surface area (Å²) in [6, 6.07) is 29.7. The number of carbonyl (C=O) groups is 2. The number of carbonyl (C=O) groups excluding carboxylic acids is 2. The second-order valence-electron chi connectivity index (χ2n) is 8.82. The molecule has 0 atom stereocenters. The number of ketones is 2. The zero-order valence-corrected chi connectivity index (χ0v) is 23.0. The van der Waals surface area contributed by atoms with E-state index in [1.54, 1.807) is 30.3 Å². The number of allylic oxidation sites excluding steroid dienone is 1. The molecule has 1 N–H and O–H groups in total. The third kappa shape index (κ3) is 4.46. The van der Waals surface area contributed by atoms with E-state index in [0.29, 0.717) is 27.8 Å². The second-order valence-corrected chi connectivity index (χ2v) is 10.7. The minimum absolute atomic E-state index is 0.158. The van der Waals surface area contributed by atoms with Crippen molar-refractivity contribution in [3.8, 4) is 0 Å². The van der Waals surface area contributed by atoms with Crippen LogP contribution in [0.5, 0.6) is 0 Å². The van der Waals surface area contributed by atoms with Crippen molar-refractivity contribution in [1.82, 2.24) is 4.98 Å². The summed E-state index contributed by atoms with van der Waals surface area (Å²) < 4.78 is 7.88. The van der Waals surface area contributed by atoms with Gasteiger partial charge in [0, 0.05) is 59.3 Å². The lowest BCUT2D eigenvalue weighted by atomic mass is 9.93. The number of fused-ring (bicyclic) bond motifs is 2. The summed E-state index contributed by atoms with van der Waals surface area (Å²) in [6.45, 7) is 0. The highest BCUT2D eigenvalue weighted by atomic mass is 79.9. The Morgan fingerprint density at radius 3 is 2.03 bits per heavy atom. The highest BCUT2D eigenvalue weighted by molar-refractivity contribution is 9.10. The predicted molar refractivity (Wildman–Crippen MR) is 158 cm³/mol. The van der Waals surface area contributed by atoms with Gasteiger partial charge in [-0.2, -0.15) is 0 Å². The molecule has 0 aliphatic heterocycles. The maximum atomic E-state index is 14.0. The van der Waals surface area contributed by atoms with Crippen molar-refractivity contribution in [2.75, 3.05) is 0 Å². The number of rotatable bonds is 6. The molecule has 0 aliphatic rings. The molecule has 0 aliphatic carbocycles. The van der Waals surface area contributed by atoms with Gasteiger partial charge in [-0.3, -0.25) is 9.59 Å². The molecule has 4 aromatic carbocycles. The van der Waals surface area contributed by atoms with E-state index in [2.05, 4.69) is 36.8 Å². The first-order chi connectivity index (χ1) is 18.5. The Labute approximate surface area is 235 Å². The van der Waals surface area contributed by atoms with Crippen LogP contribution in [-0.4, -0.2) is 16.6 Å². The molecule has 2 aromatic heterocycles. The third-order valence-corrected chi connectivity index (χ3v) is 7.52. The SMILES string of the molecule is O=C(/C(=C\c1c(C(=O)c2ccc(Br)cc2)oc2ccccc12)c1c[nH]c2ccccc12)c1ccc(Br)cc1. The molecule has 6 aromatic rings. The van der Waals surface area contributed by atoms with E-state index in [9.17, 15) is 9.59 Å². The molecular weight excluding hydrogens is 606 g/mol. The van der Waals surface area contributed by atoms with Gasteiger partial charge in [0.15, 0.2) is 11.5 Å². The van der Waals surface area contributed by atoms with Gasteiger partial charge in [0.1, 0.15) is 5.58 Å². The molecule has 0 radical (unpaired) electrons. The summed E-state index contributed by atoms with van der Waals surface area (Å²) >= 11 is 6.87. The van der Waals surface area contributed by atoms with Gasteiger partial charge in [-0.1, -0.05) is 68.3 Å². The fourth-order valence-corrected chi connectivity index (χ4v) is 5.10. The fourth-order valence-electron chi connectivity index (χ4n) is 4.57. The van der Waals surface area contributed by atoms with Crippen LogP contribution in [0.15, 0.2) is 117 Å². The van der Waals surface area contributed by atoms with Crippen LogP contribution in [-0.2, 0) is 0 Å². The van der Waals surface area contributed by atoms with Gasteiger partial charge in [0.25, 0.3) is 0 Å². The van der Waals surface area contributed by atoms with Gasteiger partial charge in [-0.05, 0) is 66.7 Å². The lowest BCUT2D eigenvalue weighted by molar-refractivity contribution is 0.101. The summed E-state index contributed by atoms with van der Waals surface area (Å²) in [5, 5.41) is 1.67. The van der Waals surface area contributed by atoms with Gasteiger partial charge in [0.2, 0.25) is 5.78 Å². The molecule has 184 valence electrons. The molecular formula is C32H19Br2NO3. The van der Waals surface area contributed by atoms with E-state index < -0.39 is 0 Å². The third-order valence-electron chi connectivity index (χ3n) is 6.47. The highest BCUT2D eigenvalue weighted by Crippen LogP contribution is 2.35. The second kappa shape index (κ2) is 10.0. The van der Waals surface area contributed by atoms with Crippen LogP contribution in [0, 0.1) is 0 Å². The van der Waals surface area contributed by atoms with Crippen LogP contribution < -0.4 is 0 Å². The zero-order chi connectivity index (χ0) is 26.2. The van der Waals surface area contributed by atoms with E-state index in [1.165, 1.54) is 0 Å². The number of halogens is 2. The average molecular weight is 625 g/mol. The monoisotopic (exact) mass is 623 g/mol. The Kier molecular flexibility index (Phi) is 6.44. The minimum atomic E-state index is -0.255. The number of nitrogens with one attached hydrogen (secondary N) is 1. The summed E-state index contributed by atoms with van der Waals surface area (Å²) in [5.74, 6) is -0.224. The van der Waals surface area contributed by atoms with Gasteiger partial charge < -0.3 is 9.40 Å². The Balaban J connectivity index is 1.60. The fraction of sp³-hybridized carbons (Fsp3) is 0. The summed E-state index contributed by atoms with van der Waals surface area (Å²) in [5.41, 5.74) is 4.31. The lowest BCUT2D eigenvalue weighted by Gasteiger charge is -2.08. The Hall–Kier alpha value is -4.00. The number of aromatic amines is 1. The standard InChI is InChI=1S/C32H19Br2NO3/c33-21-13-9-19(10-14-21)30(36)25(27-18-35-28-7-3-1-5-23(27)28)17-26-24-6-2-4-8-29(24)38-32(26)31(37)20-11-15-22(34)16-12-20/h1-18,35H/b25-17-.